The maximum atomic E-state index is 5.56. The molecule has 0 heterocycles. The summed E-state index contributed by atoms with van der Waals surface area (Å²) in [6.07, 6.45) is 2.25. The molecular formula is C15H23NO3S. The Balaban J connectivity index is 2.06. The number of benzene rings is 1. The normalized spacial score (nSPS) is 10.4. The van der Waals surface area contributed by atoms with Crippen molar-refractivity contribution in [3.8, 4) is 5.75 Å². The van der Waals surface area contributed by atoms with Crippen molar-refractivity contribution in [1.29, 1.82) is 0 Å². The Labute approximate surface area is 126 Å². The van der Waals surface area contributed by atoms with Gasteiger partial charge in [0.15, 0.2) is 0 Å². The summed E-state index contributed by atoms with van der Waals surface area (Å²) >= 11 is 4.92. The van der Waals surface area contributed by atoms with E-state index < -0.39 is 0 Å². The van der Waals surface area contributed by atoms with Crippen molar-refractivity contribution in [1.82, 2.24) is 0 Å². The van der Waals surface area contributed by atoms with Crippen molar-refractivity contribution < 1.29 is 14.2 Å². The van der Waals surface area contributed by atoms with Gasteiger partial charge in [-0.3, -0.25) is 0 Å². The molecule has 0 aromatic heterocycles. The molecule has 0 unspecified atom stereocenters. The fourth-order valence-electron chi connectivity index (χ4n) is 1.53. The predicted molar refractivity (Wildman–Crippen MR) is 84.4 cm³/mol. The molecule has 1 aromatic carbocycles. The van der Waals surface area contributed by atoms with Crippen LogP contribution in [-0.2, 0) is 9.47 Å². The Morgan fingerprint density at radius 1 is 1.10 bits per heavy atom. The van der Waals surface area contributed by atoms with E-state index in [1.54, 1.807) is 0 Å². The van der Waals surface area contributed by atoms with Gasteiger partial charge < -0.3 is 19.9 Å². The fourth-order valence-corrected chi connectivity index (χ4v) is 1.65. The van der Waals surface area contributed by atoms with Crippen LogP contribution in [0.1, 0.15) is 25.3 Å². The molecule has 20 heavy (non-hydrogen) atoms. The Kier molecular flexibility index (Phi) is 8.95. The summed E-state index contributed by atoms with van der Waals surface area (Å²) in [5, 5.41) is 0. The third-order valence-corrected chi connectivity index (χ3v) is 2.86. The minimum absolute atomic E-state index is 0.371. The monoisotopic (exact) mass is 297 g/mol. The first-order valence-corrected chi connectivity index (χ1v) is 7.33. The Hall–Kier alpha value is -1.17. The van der Waals surface area contributed by atoms with Crippen LogP contribution in [0.4, 0.5) is 0 Å². The first kappa shape index (κ1) is 16.9. The molecule has 0 bridgehead atoms. The van der Waals surface area contributed by atoms with Crippen molar-refractivity contribution >= 4 is 17.2 Å². The van der Waals surface area contributed by atoms with E-state index in [2.05, 4.69) is 6.92 Å². The number of hydrogen-bond donors (Lipinski definition) is 1. The first-order chi connectivity index (χ1) is 9.74. The van der Waals surface area contributed by atoms with Crippen LogP contribution < -0.4 is 10.5 Å². The van der Waals surface area contributed by atoms with E-state index in [0.29, 0.717) is 31.4 Å². The van der Waals surface area contributed by atoms with Gasteiger partial charge in [0, 0.05) is 12.2 Å². The van der Waals surface area contributed by atoms with Crippen molar-refractivity contribution in [2.24, 2.45) is 5.73 Å². The highest BCUT2D eigenvalue weighted by Gasteiger charge is 1.99. The number of hydrogen-bond acceptors (Lipinski definition) is 4. The molecule has 2 N–H and O–H groups in total. The zero-order valence-corrected chi connectivity index (χ0v) is 12.8. The summed E-state index contributed by atoms with van der Waals surface area (Å²) in [5.74, 6) is 0.748. The molecule has 1 aromatic rings. The SMILES string of the molecule is CCCCOCCOCCOc1cccc(C(N)=S)c1. The van der Waals surface area contributed by atoms with Crippen LogP contribution >= 0.6 is 12.2 Å². The molecule has 112 valence electrons. The van der Waals surface area contributed by atoms with Gasteiger partial charge in [-0.1, -0.05) is 37.7 Å². The van der Waals surface area contributed by atoms with Gasteiger partial charge in [0.1, 0.15) is 17.3 Å². The molecule has 0 amide bonds. The van der Waals surface area contributed by atoms with E-state index in [1.165, 1.54) is 0 Å². The lowest BCUT2D eigenvalue weighted by Crippen LogP contribution is -2.12. The highest BCUT2D eigenvalue weighted by molar-refractivity contribution is 7.80. The molecule has 1 rings (SSSR count). The average Bonchev–Trinajstić information content (AvgIpc) is 2.46. The molecule has 0 aliphatic rings. The Morgan fingerprint density at radius 3 is 2.50 bits per heavy atom. The van der Waals surface area contributed by atoms with Crippen molar-refractivity contribution in [3.63, 3.8) is 0 Å². The molecule has 0 radical (unpaired) electrons. The number of thiocarbonyl (C=S) groups is 1. The van der Waals surface area contributed by atoms with Crippen LogP contribution in [-0.4, -0.2) is 38.0 Å². The Morgan fingerprint density at radius 2 is 1.80 bits per heavy atom. The fraction of sp³-hybridized carbons (Fsp3) is 0.533. The van der Waals surface area contributed by atoms with E-state index in [-0.39, 0.29) is 0 Å². The lowest BCUT2D eigenvalue weighted by Gasteiger charge is -2.08. The largest absolute Gasteiger partial charge is 0.491 e. The van der Waals surface area contributed by atoms with Crippen LogP contribution in [0.5, 0.6) is 5.75 Å². The number of nitrogens with two attached hydrogens (primary N) is 1. The van der Waals surface area contributed by atoms with E-state index in [0.717, 1.165) is 30.8 Å². The maximum Gasteiger partial charge on any atom is 0.120 e. The minimum atomic E-state index is 0.371. The smallest absolute Gasteiger partial charge is 0.120 e. The van der Waals surface area contributed by atoms with E-state index >= 15 is 0 Å². The second kappa shape index (κ2) is 10.6. The van der Waals surface area contributed by atoms with Gasteiger partial charge in [-0.15, -0.1) is 0 Å². The van der Waals surface area contributed by atoms with E-state index in [9.17, 15) is 0 Å². The van der Waals surface area contributed by atoms with Crippen molar-refractivity contribution in [2.45, 2.75) is 19.8 Å². The summed E-state index contributed by atoms with van der Waals surface area (Å²) in [6, 6.07) is 7.43. The summed E-state index contributed by atoms with van der Waals surface area (Å²) in [5.41, 5.74) is 6.37. The molecule has 5 heteroatoms. The lowest BCUT2D eigenvalue weighted by atomic mass is 10.2. The van der Waals surface area contributed by atoms with Gasteiger partial charge in [-0.25, -0.2) is 0 Å². The molecule has 4 nitrogen and oxygen atoms in total. The molecular weight excluding hydrogens is 274 g/mol. The first-order valence-electron chi connectivity index (χ1n) is 6.92. The molecule has 0 aliphatic carbocycles. The summed E-state index contributed by atoms with van der Waals surface area (Å²) in [4.78, 5) is 0.371. The highest BCUT2D eigenvalue weighted by atomic mass is 32.1. The van der Waals surface area contributed by atoms with E-state index in [4.69, 9.17) is 32.2 Å². The van der Waals surface area contributed by atoms with Crippen molar-refractivity contribution in [2.75, 3.05) is 33.0 Å². The van der Waals surface area contributed by atoms with E-state index in [1.807, 2.05) is 24.3 Å². The highest BCUT2D eigenvalue weighted by Crippen LogP contribution is 2.12. The Bertz CT molecular complexity index is 398. The lowest BCUT2D eigenvalue weighted by molar-refractivity contribution is 0.0356. The average molecular weight is 297 g/mol. The number of unbranched alkanes of at least 4 members (excludes halogenated alkanes) is 1. The van der Waals surface area contributed by atoms with Gasteiger partial charge in [-0.05, 0) is 18.6 Å². The van der Waals surface area contributed by atoms with Crippen LogP contribution in [0.25, 0.3) is 0 Å². The second-order valence-corrected chi connectivity index (χ2v) is 4.76. The minimum Gasteiger partial charge on any atom is -0.491 e. The molecule has 0 fully saturated rings. The number of ether oxygens (including phenoxy) is 3. The van der Waals surface area contributed by atoms with Gasteiger partial charge in [-0.2, -0.15) is 0 Å². The summed E-state index contributed by atoms with van der Waals surface area (Å²) in [7, 11) is 0. The van der Waals surface area contributed by atoms with Gasteiger partial charge in [0.05, 0.1) is 19.8 Å². The van der Waals surface area contributed by atoms with Crippen LogP contribution in [0.15, 0.2) is 24.3 Å². The topological polar surface area (TPSA) is 53.7 Å². The van der Waals surface area contributed by atoms with Crippen LogP contribution in [0, 0.1) is 0 Å². The molecule has 0 aliphatic heterocycles. The standard InChI is InChI=1S/C15H23NO3S/c1-2-3-7-17-8-9-18-10-11-19-14-6-4-5-13(12-14)15(16)20/h4-6,12H,2-3,7-11H2,1H3,(H2,16,20). The molecule has 0 spiro atoms. The molecule has 0 saturated carbocycles. The van der Waals surface area contributed by atoms with Gasteiger partial charge in [0.25, 0.3) is 0 Å². The number of rotatable bonds is 11. The predicted octanol–water partition coefficient (Wildman–Crippen LogP) is 2.53. The zero-order valence-electron chi connectivity index (χ0n) is 12.0. The molecule has 0 saturated heterocycles. The summed E-state index contributed by atoms with van der Waals surface area (Å²) < 4.78 is 16.4. The van der Waals surface area contributed by atoms with Gasteiger partial charge in [0.2, 0.25) is 0 Å². The van der Waals surface area contributed by atoms with Crippen LogP contribution in [0.3, 0.4) is 0 Å². The second-order valence-electron chi connectivity index (χ2n) is 4.32. The maximum absolute atomic E-state index is 5.56. The summed E-state index contributed by atoms with van der Waals surface area (Å²) in [6.45, 7) is 5.22. The van der Waals surface area contributed by atoms with Crippen molar-refractivity contribution in [3.05, 3.63) is 29.8 Å². The third-order valence-electron chi connectivity index (χ3n) is 2.63. The zero-order chi connectivity index (χ0) is 14.6. The third kappa shape index (κ3) is 7.43. The quantitative estimate of drug-likeness (QED) is 0.502. The van der Waals surface area contributed by atoms with Crippen LogP contribution in [0.2, 0.25) is 0 Å². The van der Waals surface area contributed by atoms with Gasteiger partial charge >= 0.3 is 0 Å². The molecule has 0 atom stereocenters.